The van der Waals surface area contributed by atoms with E-state index < -0.39 is 29.4 Å². The average Bonchev–Trinajstić information content (AvgIpc) is 3.09. The summed E-state index contributed by atoms with van der Waals surface area (Å²) < 4.78 is 19.8. The first-order valence-electron chi connectivity index (χ1n) is 10.5. The molecule has 1 N–H and O–H groups in total. The van der Waals surface area contributed by atoms with Crippen LogP contribution in [0.1, 0.15) is 11.1 Å². The lowest BCUT2D eigenvalue weighted by Crippen LogP contribution is -2.36. The number of carbonyl (C=O) groups excluding carboxylic acids is 3. The number of anilines is 1. The van der Waals surface area contributed by atoms with Crippen LogP contribution in [0.5, 0.6) is 5.75 Å². The highest BCUT2D eigenvalue weighted by atomic mass is 79.9. The van der Waals surface area contributed by atoms with Gasteiger partial charge in [-0.2, -0.15) is 0 Å². The molecule has 3 aromatic rings. The molecule has 0 atom stereocenters. The molecule has 6 nitrogen and oxygen atoms in total. The fourth-order valence-corrected chi connectivity index (χ4v) is 5.22. The van der Waals surface area contributed by atoms with E-state index in [2.05, 4.69) is 21.2 Å². The highest BCUT2D eigenvalue weighted by Gasteiger charge is 2.36. The van der Waals surface area contributed by atoms with Gasteiger partial charge in [-0.1, -0.05) is 46.9 Å². The van der Waals surface area contributed by atoms with E-state index in [0.717, 1.165) is 28.3 Å². The standard InChI is InChI=1S/C25H15BrCl3FN2O4S/c26-17-7-13(1-6-21(17)36-12-14-2-3-15(27)9-18(14)28)8-22-24(34)32(25(35)37-22)11-23(33)31-16-4-5-20(30)19(29)10-16/h1-10H,11-12H2,(H,31,33)/b22-8+. The van der Waals surface area contributed by atoms with E-state index in [4.69, 9.17) is 39.5 Å². The maximum absolute atomic E-state index is 13.3. The second-order valence-electron chi connectivity index (χ2n) is 7.66. The van der Waals surface area contributed by atoms with Crippen LogP contribution in [0, 0.1) is 5.82 Å². The van der Waals surface area contributed by atoms with Gasteiger partial charge in [-0.15, -0.1) is 0 Å². The Bertz CT molecular complexity index is 1450. The number of halogens is 5. The van der Waals surface area contributed by atoms with Gasteiger partial charge in [-0.25, -0.2) is 4.39 Å². The van der Waals surface area contributed by atoms with Gasteiger partial charge in [0.25, 0.3) is 11.1 Å². The summed E-state index contributed by atoms with van der Waals surface area (Å²) in [5.74, 6) is -1.31. The van der Waals surface area contributed by atoms with E-state index in [1.807, 2.05) is 0 Å². The molecule has 1 heterocycles. The number of nitrogens with one attached hydrogen (secondary N) is 1. The fourth-order valence-electron chi connectivity index (χ4n) is 3.22. The van der Waals surface area contributed by atoms with E-state index in [-0.39, 0.29) is 22.2 Å². The molecule has 1 aliphatic rings. The number of nitrogens with zero attached hydrogens (tertiary/aromatic N) is 1. The average molecular weight is 645 g/mol. The lowest BCUT2D eigenvalue weighted by Gasteiger charge is -2.12. The van der Waals surface area contributed by atoms with E-state index in [9.17, 15) is 18.8 Å². The van der Waals surface area contributed by atoms with Gasteiger partial charge in [0.05, 0.1) is 14.4 Å². The molecule has 1 aliphatic heterocycles. The van der Waals surface area contributed by atoms with E-state index in [1.165, 1.54) is 12.1 Å². The molecular formula is C25H15BrCl3FN2O4S. The smallest absolute Gasteiger partial charge is 0.294 e. The van der Waals surface area contributed by atoms with Crippen LogP contribution in [0.15, 0.2) is 64.0 Å². The maximum Gasteiger partial charge on any atom is 0.294 e. The van der Waals surface area contributed by atoms with Crippen molar-refractivity contribution in [3.8, 4) is 5.75 Å². The summed E-state index contributed by atoms with van der Waals surface area (Å²) in [6, 6.07) is 14.0. The van der Waals surface area contributed by atoms with Crippen molar-refractivity contribution in [2.45, 2.75) is 6.61 Å². The van der Waals surface area contributed by atoms with Crippen molar-refractivity contribution in [1.82, 2.24) is 4.90 Å². The van der Waals surface area contributed by atoms with Crippen molar-refractivity contribution < 1.29 is 23.5 Å². The summed E-state index contributed by atoms with van der Waals surface area (Å²) in [6.07, 6.45) is 1.55. The Kier molecular flexibility index (Phi) is 8.82. The second kappa shape index (κ2) is 11.9. The molecule has 12 heteroatoms. The Morgan fingerprint density at radius 3 is 2.54 bits per heavy atom. The first-order valence-corrected chi connectivity index (χ1v) is 13.2. The Hall–Kier alpha value is -2.56. The number of thioether (sulfide) groups is 1. The van der Waals surface area contributed by atoms with Crippen molar-refractivity contribution in [3.63, 3.8) is 0 Å². The molecule has 0 bridgehead atoms. The quantitative estimate of drug-likeness (QED) is 0.266. The first-order chi connectivity index (χ1) is 17.6. The largest absolute Gasteiger partial charge is 0.488 e. The molecule has 4 rings (SSSR count). The molecule has 0 radical (unpaired) electrons. The molecule has 3 aromatic carbocycles. The summed E-state index contributed by atoms with van der Waals surface area (Å²) in [5, 5.41) is 2.76. The summed E-state index contributed by atoms with van der Waals surface area (Å²) in [6.45, 7) is -0.278. The van der Waals surface area contributed by atoms with Crippen LogP contribution in [0.3, 0.4) is 0 Å². The van der Waals surface area contributed by atoms with Gasteiger partial charge in [0.15, 0.2) is 0 Å². The van der Waals surface area contributed by atoms with Gasteiger partial charge in [0.2, 0.25) is 5.91 Å². The molecule has 1 fully saturated rings. The molecule has 0 aliphatic carbocycles. The van der Waals surface area contributed by atoms with Crippen LogP contribution in [0.2, 0.25) is 15.1 Å². The van der Waals surface area contributed by atoms with Crippen LogP contribution in [-0.2, 0) is 16.2 Å². The summed E-state index contributed by atoms with van der Waals surface area (Å²) >= 11 is 22.0. The molecule has 0 unspecified atom stereocenters. The normalized spacial score (nSPS) is 14.4. The predicted octanol–water partition coefficient (Wildman–Crippen LogP) is 7.80. The number of carbonyl (C=O) groups is 3. The minimum atomic E-state index is -0.632. The zero-order chi connectivity index (χ0) is 26.7. The maximum atomic E-state index is 13.3. The molecule has 190 valence electrons. The van der Waals surface area contributed by atoms with Crippen LogP contribution < -0.4 is 10.1 Å². The van der Waals surface area contributed by atoms with Crippen molar-refractivity contribution in [1.29, 1.82) is 0 Å². The Morgan fingerprint density at radius 1 is 1.05 bits per heavy atom. The summed E-state index contributed by atoms with van der Waals surface area (Å²) in [4.78, 5) is 38.5. The SMILES string of the molecule is O=C(CN1C(=O)S/C(=C/c2ccc(OCc3ccc(Cl)cc3Cl)c(Br)c2)C1=O)Nc1ccc(F)c(Cl)c1. The lowest BCUT2D eigenvalue weighted by atomic mass is 10.2. The Balaban J connectivity index is 1.40. The topological polar surface area (TPSA) is 75.7 Å². The molecule has 37 heavy (non-hydrogen) atoms. The van der Waals surface area contributed by atoms with Crippen molar-refractivity contribution >= 4 is 91.3 Å². The number of amides is 3. The van der Waals surface area contributed by atoms with E-state index in [1.54, 1.807) is 42.5 Å². The minimum absolute atomic E-state index is 0.163. The van der Waals surface area contributed by atoms with Gasteiger partial charge in [0, 0.05) is 21.3 Å². The minimum Gasteiger partial charge on any atom is -0.488 e. The zero-order valence-electron chi connectivity index (χ0n) is 18.6. The summed E-state index contributed by atoms with van der Waals surface area (Å²) in [5.41, 5.74) is 1.64. The lowest BCUT2D eigenvalue weighted by molar-refractivity contribution is -0.127. The van der Waals surface area contributed by atoms with Gasteiger partial charge >= 0.3 is 0 Å². The molecule has 0 spiro atoms. The first kappa shape index (κ1) is 27.5. The van der Waals surface area contributed by atoms with Crippen molar-refractivity contribution in [3.05, 3.63) is 96.0 Å². The third kappa shape index (κ3) is 6.86. The van der Waals surface area contributed by atoms with Crippen LogP contribution in [-0.4, -0.2) is 28.5 Å². The van der Waals surface area contributed by atoms with Crippen molar-refractivity contribution in [2.75, 3.05) is 11.9 Å². The predicted molar refractivity (Wildman–Crippen MR) is 148 cm³/mol. The monoisotopic (exact) mass is 642 g/mol. The highest BCUT2D eigenvalue weighted by molar-refractivity contribution is 9.10. The fraction of sp³-hybridized carbons (Fsp3) is 0.0800. The van der Waals surface area contributed by atoms with Crippen molar-refractivity contribution in [2.24, 2.45) is 0 Å². The number of hydrogen-bond donors (Lipinski definition) is 1. The second-order valence-corrected chi connectivity index (χ2v) is 10.8. The molecule has 0 aromatic heterocycles. The van der Waals surface area contributed by atoms with Gasteiger partial charge in [-0.05, 0) is 81.8 Å². The van der Waals surface area contributed by atoms with E-state index in [0.29, 0.717) is 25.8 Å². The number of hydrogen-bond acceptors (Lipinski definition) is 5. The number of imide groups is 1. The number of benzene rings is 3. The van der Waals surface area contributed by atoms with Crippen LogP contribution in [0.4, 0.5) is 14.9 Å². The van der Waals surface area contributed by atoms with Crippen LogP contribution in [0.25, 0.3) is 6.08 Å². The zero-order valence-corrected chi connectivity index (χ0v) is 23.2. The highest BCUT2D eigenvalue weighted by Crippen LogP contribution is 2.34. The molecule has 3 amide bonds. The number of ether oxygens (including phenoxy) is 1. The molecule has 0 saturated carbocycles. The number of rotatable bonds is 7. The molecule has 1 saturated heterocycles. The van der Waals surface area contributed by atoms with Gasteiger partial charge in [0.1, 0.15) is 24.7 Å². The Morgan fingerprint density at radius 2 is 1.84 bits per heavy atom. The van der Waals surface area contributed by atoms with Gasteiger partial charge in [-0.3, -0.25) is 19.3 Å². The van der Waals surface area contributed by atoms with E-state index >= 15 is 0 Å². The van der Waals surface area contributed by atoms with Gasteiger partial charge < -0.3 is 10.1 Å². The Labute approximate surface area is 238 Å². The third-order valence-electron chi connectivity index (χ3n) is 5.03. The summed E-state index contributed by atoms with van der Waals surface area (Å²) in [7, 11) is 0. The third-order valence-corrected chi connectivity index (χ3v) is 7.43. The molecular weight excluding hydrogens is 630 g/mol. The van der Waals surface area contributed by atoms with Crippen LogP contribution >= 0.6 is 62.5 Å².